The Morgan fingerprint density at radius 3 is 2.56 bits per heavy atom. The Bertz CT molecular complexity index is 233. The molecule has 0 aliphatic carbocycles. The Kier molecular flexibility index (Phi) is 7.90. The lowest BCUT2D eigenvalue weighted by Gasteiger charge is -2.22. The lowest BCUT2D eigenvalue weighted by molar-refractivity contribution is -0.146. The summed E-state index contributed by atoms with van der Waals surface area (Å²) in [5.74, 6) is -0.237. The minimum absolute atomic E-state index is 0.0496. The van der Waals surface area contributed by atoms with Gasteiger partial charge in [0, 0.05) is 18.1 Å². The summed E-state index contributed by atoms with van der Waals surface area (Å²) in [5, 5.41) is 9.23. The number of ether oxygens (including phenoxy) is 1. The van der Waals surface area contributed by atoms with Crippen LogP contribution in [0.25, 0.3) is 0 Å². The van der Waals surface area contributed by atoms with Crippen molar-refractivity contribution in [2.75, 3.05) is 6.61 Å². The third-order valence-corrected chi connectivity index (χ3v) is 2.87. The van der Waals surface area contributed by atoms with E-state index in [1.165, 1.54) is 0 Å². The highest BCUT2D eigenvalue weighted by Gasteiger charge is 2.20. The maximum Gasteiger partial charge on any atom is 0.333 e. The molecule has 94 valence electrons. The largest absolute Gasteiger partial charge is 0.459 e. The number of hydrogen-bond donors (Lipinski definition) is 1. The van der Waals surface area contributed by atoms with E-state index >= 15 is 0 Å². The number of aliphatic hydroxyl groups excluding tert-OH is 1. The van der Waals surface area contributed by atoms with Crippen molar-refractivity contribution < 1.29 is 14.6 Å². The summed E-state index contributed by atoms with van der Waals surface area (Å²) in [4.78, 5) is 11.5. The van der Waals surface area contributed by atoms with E-state index in [9.17, 15) is 9.90 Å². The molecule has 0 bridgehead atoms. The van der Waals surface area contributed by atoms with E-state index in [0.717, 1.165) is 19.3 Å². The van der Waals surface area contributed by atoms with Gasteiger partial charge in [-0.2, -0.15) is 0 Å². The molecule has 0 spiro atoms. The SMILES string of the molecule is CC=C(C)C(=O)OC(C)C(CO)CCCC. The highest BCUT2D eigenvalue weighted by molar-refractivity contribution is 5.87. The molecule has 0 saturated carbocycles. The van der Waals surface area contributed by atoms with Gasteiger partial charge in [-0.3, -0.25) is 0 Å². The van der Waals surface area contributed by atoms with Gasteiger partial charge < -0.3 is 9.84 Å². The highest BCUT2D eigenvalue weighted by atomic mass is 16.5. The first-order valence-corrected chi connectivity index (χ1v) is 6.01. The fraction of sp³-hybridized carbons (Fsp3) is 0.769. The monoisotopic (exact) mass is 228 g/mol. The number of esters is 1. The van der Waals surface area contributed by atoms with Crippen molar-refractivity contribution in [3.05, 3.63) is 11.6 Å². The molecule has 0 rings (SSSR count). The smallest absolute Gasteiger partial charge is 0.333 e. The summed E-state index contributed by atoms with van der Waals surface area (Å²) >= 11 is 0. The van der Waals surface area contributed by atoms with Crippen molar-refractivity contribution in [3.8, 4) is 0 Å². The Hall–Kier alpha value is -0.830. The zero-order valence-electron chi connectivity index (χ0n) is 10.8. The Morgan fingerprint density at radius 2 is 2.12 bits per heavy atom. The number of aliphatic hydroxyl groups is 1. The fourth-order valence-corrected chi connectivity index (χ4v) is 1.42. The lowest BCUT2D eigenvalue weighted by atomic mass is 9.98. The van der Waals surface area contributed by atoms with Crippen molar-refractivity contribution in [3.63, 3.8) is 0 Å². The summed E-state index contributed by atoms with van der Waals surface area (Å²) < 4.78 is 5.29. The first kappa shape index (κ1) is 15.2. The van der Waals surface area contributed by atoms with Gasteiger partial charge in [-0.05, 0) is 27.2 Å². The number of allylic oxidation sites excluding steroid dienone is 1. The predicted molar refractivity (Wildman–Crippen MR) is 65.1 cm³/mol. The number of carbonyl (C=O) groups excluding carboxylic acids is 1. The van der Waals surface area contributed by atoms with Gasteiger partial charge in [0.05, 0.1) is 0 Å². The van der Waals surface area contributed by atoms with Gasteiger partial charge in [0.25, 0.3) is 0 Å². The molecule has 2 unspecified atom stereocenters. The van der Waals surface area contributed by atoms with Crippen molar-refractivity contribution >= 4 is 5.97 Å². The summed E-state index contributed by atoms with van der Waals surface area (Å²) in [6.45, 7) is 7.56. The van der Waals surface area contributed by atoms with Gasteiger partial charge in [-0.15, -0.1) is 0 Å². The topological polar surface area (TPSA) is 46.5 Å². The fourth-order valence-electron chi connectivity index (χ4n) is 1.42. The number of hydrogen-bond acceptors (Lipinski definition) is 3. The van der Waals surface area contributed by atoms with Crippen LogP contribution in [0.2, 0.25) is 0 Å². The molecule has 1 N–H and O–H groups in total. The standard InChI is InChI=1S/C13H24O3/c1-5-7-8-12(9-14)11(4)16-13(15)10(3)6-2/h6,11-12,14H,5,7-9H2,1-4H3. The third-order valence-electron chi connectivity index (χ3n) is 2.87. The molecule has 16 heavy (non-hydrogen) atoms. The zero-order valence-corrected chi connectivity index (χ0v) is 10.8. The van der Waals surface area contributed by atoms with Gasteiger partial charge in [0.15, 0.2) is 0 Å². The molecule has 0 saturated heterocycles. The Balaban J connectivity index is 4.19. The quantitative estimate of drug-likeness (QED) is 0.538. The first-order chi connectivity index (χ1) is 7.56. The second-order valence-electron chi connectivity index (χ2n) is 4.17. The first-order valence-electron chi connectivity index (χ1n) is 6.01. The minimum atomic E-state index is -0.287. The van der Waals surface area contributed by atoms with Crippen LogP contribution >= 0.6 is 0 Å². The van der Waals surface area contributed by atoms with E-state index < -0.39 is 0 Å². The molecule has 0 aromatic rings. The van der Waals surface area contributed by atoms with E-state index in [2.05, 4.69) is 6.92 Å². The van der Waals surface area contributed by atoms with Gasteiger partial charge in [-0.1, -0.05) is 25.8 Å². The summed E-state index contributed by atoms with van der Waals surface area (Å²) in [5.41, 5.74) is 0.610. The van der Waals surface area contributed by atoms with Crippen LogP contribution in [0.4, 0.5) is 0 Å². The number of carbonyl (C=O) groups is 1. The van der Waals surface area contributed by atoms with Crippen molar-refractivity contribution in [2.45, 2.75) is 53.1 Å². The molecule has 3 nitrogen and oxygen atoms in total. The lowest BCUT2D eigenvalue weighted by Crippen LogP contribution is -2.27. The maximum absolute atomic E-state index is 11.5. The van der Waals surface area contributed by atoms with E-state index in [0.29, 0.717) is 5.57 Å². The van der Waals surface area contributed by atoms with Crippen LogP contribution in [0, 0.1) is 5.92 Å². The summed E-state index contributed by atoms with van der Waals surface area (Å²) in [7, 11) is 0. The van der Waals surface area contributed by atoms with Crippen molar-refractivity contribution in [1.82, 2.24) is 0 Å². The average molecular weight is 228 g/mol. The molecule has 2 atom stereocenters. The molecule has 3 heteroatoms. The van der Waals surface area contributed by atoms with E-state index in [4.69, 9.17) is 4.74 Å². The molecule has 0 heterocycles. The maximum atomic E-state index is 11.5. The second kappa shape index (κ2) is 8.34. The van der Waals surface area contributed by atoms with Crippen LogP contribution < -0.4 is 0 Å². The number of unbranched alkanes of at least 4 members (excludes halogenated alkanes) is 1. The van der Waals surface area contributed by atoms with Crippen LogP contribution in [0.3, 0.4) is 0 Å². The number of rotatable bonds is 7. The molecule has 0 radical (unpaired) electrons. The predicted octanol–water partition coefficient (Wildman–Crippen LogP) is 2.68. The highest BCUT2D eigenvalue weighted by Crippen LogP contribution is 2.16. The Labute approximate surface area is 98.5 Å². The van der Waals surface area contributed by atoms with Crippen LogP contribution in [-0.2, 0) is 9.53 Å². The molecule has 0 aliphatic rings. The molecule has 0 fully saturated rings. The molecule has 0 aromatic carbocycles. The third kappa shape index (κ3) is 5.31. The van der Waals surface area contributed by atoms with Crippen molar-refractivity contribution in [1.29, 1.82) is 0 Å². The summed E-state index contributed by atoms with van der Waals surface area (Å²) in [6.07, 6.45) is 4.55. The normalized spacial score (nSPS) is 15.7. The van der Waals surface area contributed by atoms with Gasteiger partial charge in [0.1, 0.15) is 6.10 Å². The summed E-state index contributed by atoms with van der Waals surface area (Å²) in [6, 6.07) is 0. The average Bonchev–Trinajstić information content (AvgIpc) is 2.28. The van der Waals surface area contributed by atoms with Crippen molar-refractivity contribution in [2.24, 2.45) is 5.92 Å². The minimum Gasteiger partial charge on any atom is -0.459 e. The van der Waals surface area contributed by atoms with Crippen LogP contribution in [-0.4, -0.2) is 23.8 Å². The van der Waals surface area contributed by atoms with Crippen LogP contribution in [0.5, 0.6) is 0 Å². The van der Waals surface area contributed by atoms with Gasteiger partial charge in [0.2, 0.25) is 0 Å². The zero-order chi connectivity index (χ0) is 12.6. The van der Waals surface area contributed by atoms with E-state index in [-0.39, 0.29) is 24.6 Å². The van der Waals surface area contributed by atoms with Gasteiger partial charge >= 0.3 is 5.97 Å². The van der Waals surface area contributed by atoms with E-state index in [1.54, 1.807) is 13.0 Å². The molecular weight excluding hydrogens is 204 g/mol. The van der Waals surface area contributed by atoms with Crippen LogP contribution in [0.15, 0.2) is 11.6 Å². The molecule has 0 amide bonds. The Morgan fingerprint density at radius 1 is 1.50 bits per heavy atom. The second-order valence-corrected chi connectivity index (χ2v) is 4.17. The van der Waals surface area contributed by atoms with Gasteiger partial charge in [-0.25, -0.2) is 4.79 Å². The van der Waals surface area contributed by atoms with E-state index in [1.807, 2.05) is 13.8 Å². The molecule has 0 aliphatic heterocycles. The molecular formula is C13H24O3. The molecule has 0 aromatic heterocycles. The van der Waals surface area contributed by atoms with Crippen LogP contribution in [0.1, 0.15) is 47.0 Å².